The van der Waals surface area contributed by atoms with E-state index in [9.17, 15) is 4.79 Å². The van der Waals surface area contributed by atoms with E-state index in [4.69, 9.17) is 20.3 Å². The molecule has 0 saturated carbocycles. The number of rotatable bonds is 10. The van der Waals surface area contributed by atoms with Crippen molar-refractivity contribution in [3.05, 3.63) is 23.8 Å². The van der Waals surface area contributed by atoms with E-state index < -0.39 is 11.5 Å². The summed E-state index contributed by atoms with van der Waals surface area (Å²) in [5.74, 6) is 0.785. The summed E-state index contributed by atoms with van der Waals surface area (Å²) in [7, 11) is 0. The Balaban J connectivity index is 2.67. The van der Waals surface area contributed by atoms with Gasteiger partial charge >= 0.3 is 5.97 Å². The fourth-order valence-corrected chi connectivity index (χ4v) is 2.58. The first-order valence-electron chi connectivity index (χ1n) is 8.21. The van der Waals surface area contributed by atoms with E-state index in [1.807, 2.05) is 39.0 Å². The molecule has 0 aromatic heterocycles. The molecule has 1 aromatic rings. The molecule has 130 valence electrons. The number of carboxylic acids is 1. The summed E-state index contributed by atoms with van der Waals surface area (Å²) < 4.78 is 11.2. The zero-order valence-electron chi connectivity index (χ0n) is 14.6. The van der Waals surface area contributed by atoms with Gasteiger partial charge < -0.3 is 20.3 Å². The summed E-state index contributed by atoms with van der Waals surface area (Å²) in [5.41, 5.74) is 5.79. The van der Waals surface area contributed by atoms with Crippen molar-refractivity contribution >= 4 is 5.97 Å². The number of hydrogen-bond acceptors (Lipinski definition) is 4. The van der Waals surface area contributed by atoms with E-state index in [2.05, 4.69) is 0 Å². The van der Waals surface area contributed by atoms with Crippen LogP contribution in [-0.2, 0) is 11.2 Å². The van der Waals surface area contributed by atoms with Crippen molar-refractivity contribution in [2.75, 3.05) is 13.2 Å². The lowest BCUT2D eigenvalue weighted by atomic mass is 9.87. The molecule has 0 aliphatic rings. The Kier molecular flexibility index (Phi) is 7.36. The Morgan fingerprint density at radius 3 is 2.43 bits per heavy atom. The highest BCUT2D eigenvalue weighted by molar-refractivity contribution is 5.77. The van der Waals surface area contributed by atoms with Gasteiger partial charge in [0.1, 0.15) is 5.54 Å². The highest BCUT2D eigenvalue weighted by atomic mass is 16.5. The first kappa shape index (κ1) is 19.3. The summed E-state index contributed by atoms with van der Waals surface area (Å²) in [6.07, 6.45) is 2.18. The average Bonchev–Trinajstić information content (AvgIpc) is 2.47. The number of ether oxygens (including phenoxy) is 2. The van der Waals surface area contributed by atoms with Gasteiger partial charge in [-0.2, -0.15) is 0 Å². The van der Waals surface area contributed by atoms with Crippen LogP contribution in [0.25, 0.3) is 0 Å². The molecule has 3 N–H and O–H groups in total. The Bertz CT molecular complexity index is 514. The molecule has 0 bridgehead atoms. The van der Waals surface area contributed by atoms with Crippen LogP contribution in [0.4, 0.5) is 0 Å². The standard InChI is InChI=1S/C18H29NO4/c1-5-22-15-10-9-14(11-16(15)23-6-2)8-7-13(3)12-18(4,19)17(20)21/h9-11,13H,5-8,12,19H2,1-4H3,(H,20,21). The molecule has 1 aromatic carbocycles. The minimum absolute atomic E-state index is 0.225. The molecule has 2 unspecified atom stereocenters. The predicted molar refractivity (Wildman–Crippen MR) is 91.1 cm³/mol. The molecule has 0 spiro atoms. The maximum absolute atomic E-state index is 11.1. The lowest BCUT2D eigenvalue weighted by Gasteiger charge is -2.23. The lowest BCUT2D eigenvalue weighted by Crippen LogP contribution is -2.46. The van der Waals surface area contributed by atoms with E-state index in [1.54, 1.807) is 6.92 Å². The molecule has 2 atom stereocenters. The van der Waals surface area contributed by atoms with Crippen LogP contribution < -0.4 is 15.2 Å². The normalized spacial score (nSPS) is 14.8. The topological polar surface area (TPSA) is 81.8 Å². The maximum atomic E-state index is 11.1. The molecule has 0 fully saturated rings. The average molecular weight is 323 g/mol. The number of hydrogen-bond donors (Lipinski definition) is 2. The molecule has 0 amide bonds. The van der Waals surface area contributed by atoms with Gasteiger partial charge in [0.05, 0.1) is 13.2 Å². The highest BCUT2D eigenvalue weighted by Crippen LogP contribution is 2.29. The minimum Gasteiger partial charge on any atom is -0.490 e. The lowest BCUT2D eigenvalue weighted by molar-refractivity contribution is -0.143. The number of nitrogens with two attached hydrogens (primary N) is 1. The quantitative estimate of drug-likeness (QED) is 0.691. The Labute approximate surface area is 138 Å². The molecule has 0 aliphatic carbocycles. The first-order chi connectivity index (χ1) is 10.8. The SMILES string of the molecule is CCOc1ccc(CCC(C)CC(C)(N)C(=O)O)cc1OCC. The van der Waals surface area contributed by atoms with Crippen LogP contribution in [0.1, 0.15) is 46.1 Å². The van der Waals surface area contributed by atoms with Gasteiger partial charge in [0, 0.05) is 0 Å². The smallest absolute Gasteiger partial charge is 0.323 e. The van der Waals surface area contributed by atoms with Crippen molar-refractivity contribution in [3.8, 4) is 11.5 Å². The molecular formula is C18H29NO4. The van der Waals surface area contributed by atoms with Gasteiger partial charge in [-0.3, -0.25) is 4.79 Å². The largest absolute Gasteiger partial charge is 0.490 e. The van der Waals surface area contributed by atoms with E-state index in [-0.39, 0.29) is 5.92 Å². The van der Waals surface area contributed by atoms with Gasteiger partial charge in [-0.15, -0.1) is 0 Å². The van der Waals surface area contributed by atoms with E-state index in [0.29, 0.717) is 19.6 Å². The highest BCUT2D eigenvalue weighted by Gasteiger charge is 2.29. The van der Waals surface area contributed by atoms with E-state index in [0.717, 1.165) is 29.9 Å². The molecule has 0 aliphatic heterocycles. The molecule has 5 heteroatoms. The van der Waals surface area contributed by atoms with Gasteiger partial charge in [-0.25, -0.2) is 0 Å². The maximum Gasteiger partial charge on any atom is 0.323 e. The molecule has 1 rings (SSSR count). The fourth-order valence-electron chi connectivity index (χ4n) is 2.58. The van der Waals surface area contributed by atoms with Crippen molar-refractivity contribution in [1.29, 1.82) is 0 Å². The molecular weight excluding hydrogens is 294 g/mol. The molecule has 0 heterocycles. The minimum atomic E-state index is -1.17. The van der Waals surface area contributed by atoms with Crippen molar-refractivity contribution in [2.24, 2.45) is 11.7 Å². The third-order valence-corrected chi connectivity index (χ3v) is 3.79. The fraction of sp³-hybridized carbons (Fsp3) is 0.611. The van der Waals surface area contributed by atoms with Crippen LogP contribution in [-0.4, -0.2) is 29.8 Å². The Hall–Kier alpha value is -1.75. The summed E-state index contributed by atoms with van der Waals surface area (Å²) in [4.78, 5) is 11.1. The monoisotopic (exact) mass is 323 g/mol. The second-order valence-electron chi connectivity index (χ2n) is 6.22. The van der Waals surface area contributed by atoms with Crippen molar-refractivity contribution in [2.45, 2.75) is 52.5 Å². The van der Waals surface area contributed by atoms with Crippen molar-refractivity contribution < 1.29 is 19.4 Å². The second kappa shape index (κ2) is 8.77. The number of aliphatic carboxylic acids is 1. The summed E-state index contributed by atoms with van der Waals surface area (Å²) in [6.45, 7) is 8.67. The van der Waals surface area contributed by atoms with Crippen LogP contribution in [0.2, 0.25) is 0 Å². The summed E-state index contributed by atoms with van der Waals surface area (Å²) >= 11 is 0. The van der Waals surface area contributed by atoms with E-state index >= 15 is 0 Å². The first-order valence-corrected chi connectivity index (χ1v) is 8.21. The number of carbonyl (C=O) groups is 1. The molecule has 0 saturated heterocycles. The van der Waals surface area contributed by atoms with Crippen LogP contribution >= 0.6 is 0 Å². The molecule has 5 nitrogen and oxygen atoms in total. The van der Waals surface area contributed by atoms with Gasteiger partial charge in [0.2, 0.25) is 0 Å². The number of aryl methyl sites for hydroxylation is 1. The van der Waals surface area contributed by atoms with Crippen molar-refractivity contribution in [1.82, 2.24) is 0 Å². The zero-order valence-corrected chi connectivity index (χ0v) is 14.6. The van der Waals surface area contributed by atoms with Crippen LogP contribution in [0.3, 0.4) is 0 Å². The Morgan fingerprint density at radius 2 is 1.87 bits per heavy atom. The van der Waals surface area contributed by atoms with Crippen LogP contribution in [0, 0.1) is 5.92 Å². The van der Waals surface area contributed by atoms with Gasteiger partial charge in [0.15, 0.2) is 11.5 Å². The van der Waals surface area contributed by atoms with Gasteiger partial charge in [-0.05, 0) is 63.6 Å². The predicted octanol–water partition coefficient (Wildman–Crippen LogP) is 3.24. The molecule has 23 heavy (non-hydrogen) atoms. The van der Waals surface area contributed by atoms with Gasteiger partial charge in [-0.1, -0.05) is 13.0 Å². The van der Waals surface area contributed by atoms with Crippen LogP contribution in [0.5, 0.6) is 11.5 Å². The summed E-state index contributed by atoms with van der Waals surface area (Å²) in [6, 6.07) is 5.96. The second-order valence-corrected chi connectivity index (χ2v) is 6.22. The van der Waals surface area contributed by atoms with Crippen LogP contribution in [0.15, 0.2) is 18.2 Å². The van der Waals surface area contributed by atoms with Crippen molar-refractivity contribution in [3.63, 3.8) is 0 Å². The number of benzene rings is 1. The third kappa shape index (κ3) is 6.10. The summed E-state index contributed by atoms with van der Waals surface area (Å²) in [5, 5.41) is 9.10. The third-order valence-electron chi connectivity index (χ3n) is 3.79. The molecule has 0 radical (unpaired) electrons. The van der Waals surface area contributed by atoms with E-state index in [1.165, 1.54) is 0 Å². The zero-order chi connectivity index (χ0) is 17.5. The number of carboxylic acid groups (broad SMARTS) is 1. The van der Waals surface area contributed by atoms with Gasteiger partial charge in [0.25, 0.3) is 0 Å². The Morgan fingerprint density at radius 1 is 1.26 bits per heavy atom.